The van der Waals surface area contributed by atoms with Crippen LogP contribution in [0.3, 0.4) is 0 Å². The van der Waals surface area contributed by atoms with E-state index in [1.807, 2.05) is 0 Å². The van der Waals surface area contributed by atoms with Gasteiger partial charge in [-0.1, -0.05) is 13.2 Å². The number of imide groups is 2. The average Bonchev–Trinajstić information content (AvgIpc) is 3.42. The molecule has 15 nitrogen and oxygen atoms in total. The SMILES string of the molecule is C=CC(=O)CCC(CNC(=O)C=C)C(=O)N(CCC(=O)ON1C(=O)CCC1=O)CCC(=O)ON1C(=O)CCC1=O. The first kappa shape index (κ1) is 31.5. The molecular weight excluding hydrogens is 532 g/mol. The summed E-state index contributed by atoms with van der Waals surface area (Å²) in [6.45, 7) is 5.81. The van der Waals surface area contributed by atoms with Crippen LogP contribution >= 0.6 is 0 Å². The molecule has 2 saturated heterocycles. The summed E-state index contributed by atoms with van der Waals surface area (Å²) in [6, 6.07) is 0. The lowest BCUT2D eigenvalue weighted by Crippen LogP contribution is -2.44. The molecule has 0 radical (unpaired) electrons. The average molecular weight is 563 g/mol. The highest BCUT2D eigenvalue weighted by Crippen LogP contribution is 2.16. The van der Waals surface area contributed by atoms with Gasteiger partial charge in [-0.15, -0.1) is 10.1 Å². The van der Waals surface area contributed by atoms with E-state index in [1.54, 1.807) is 0 Å². The van der Waals surface area contributed by atoms with Crippen LogP contribution in [-0.2, 0) is 52.8 Å². The van der Waals surface area contributed by atoms with Crippen molar-refractivity contribution >= 4 is 53.2 Å². The third kappa shape index (κ3) is 9.25. The quantitative estimate of drug-likeness (QED) is 0.184. The van der Waals surface area contributed by atoms with Gasteiger partial charge in [0.1, 0.15) is 0 Å². The molecule has 2 aliphatic rings. The molecule has 2 heterocycles. The number of rotatable bonds is 16. The molecule has 2 aliphatic heterocycles. The Bertz CT molecular complexity index is 1010. The maximum absolute atomic E-state index is 13.4. The van der Waals surface area contributed by atoms with E-state index < -0.39 is 66.1 Å². The number of hydrogen-bond donors (Lipinski definition) is 1. The van der Waals surface area contributed by atoms with E-state index in [1.165, 1.54) is 0 Å². The standard InChI is InChI=1S/C25H30N4O11/c1-3-17(30)6-5-16(15-26-18(31)4-2)25(38)27(13-11-23(36)39-28-19(32)7-8-20(28)33)14-12-24(37)40-29-21(34)9-10-22(29)35/h3-4,16H,1-2,5-15H2,(H,26,31). The van der Waals surface area contributed by atoms with Gasteiger partial charge in [-0.2, -0.15) is 0 Å². The Balaban J connectivity index is 2.13. The summed E-state index contributed by atoms with van der Waals surface area (Å²) in [5.74, 6) is -7.32. The third-order valence-corrected chi connectivity index (χ3v) is 5.91. The van der Waals surface area contributed by atoms with Gasteiger partial charge in [0.15, 0.2) is 5.78 Å². The van der Waals surface area contributed by atoms with E-state index in [-0.39, 0.29) is 63.9 Å². The number of hydrogen-bond acceptors (Lipinski definition) is 11. The highest BCUT2D eigenvalue weighted by atomic mass is 16.7. The summed E-state index contributed by atoms with van der Waals surface area (Å²) in [6.07, 6.45) is 0.559. The van der Waals surface area contributed by atoms with Gasteiger partial charge in [-0.05, 0) is 18.6 Å². The molecule has 0 aromatic heterocycles. The zero-order valence-corrected chi connectivity index (χ0v) is 21.8. The van der Waals surface area contributed by atoms with Crippen molar-refractivity contribution in [2.75, 3.05) is 19.6 Å². The molecule has 0 spiro atoms. The van der Waals surface area contributed by atoms with Crippen molar-refractivity contribution in [3.8, 4) is 0 Å². The number of hydroxylamine groups is 4. The minimum Gasteiger partial charge on any atom is -0.352 e. The molecule has 216 valence electrons. The van der Waals surface area contributed by atoms with Crippen molar-refractivity contribution in [2.24, 2.45) is 5.92 Å². The summed E-state index contributed by atoms with van der Waals surface area (Å²) in [5, 5.41) is 3.17. The number of amides is 6. The first-order valence-corrected chi connectivity index (χ1v) is 12.4. The van der Waals surface area contributed by atoms with E-state index in [4.69, 9.17) is 9.68 Å². The fourth-order valence-corrected chi connectivity index (χ4v) is 3.68. The highest BCUT2D eigenvalue weighted by molar-refractivity contribution is 6.02. The summed E-state index contributed by atoms with van der Waals surface area (Å²) in [4.78, 5) is 119. The van der Waals surface area contributed by atoms with Crippen LogP contribution in [0.5, 0.6) is 0 Å². The van der Waals surface area contributed by atoms with Crippen molar-refractivity contribution in [3.05, 3.63) is 25.3 Å². The molecule has 0 aromatic rings. The Hall–Kier alpha value is -4.69. The van der Waals surface area contributed by atoms with E-state index in [0.717, 1.165) is 17.1 Å². The van der Waals surface area contributed by atoms with Crippen molar-refractivity contribution in [1.29, 1.82) is 0 Å². The number of ketones is 1. The van der Waals surface area contributed by atoms with Gasteiger partial charge in [-0.3, -0.25) is 33.6 Å². The lowest BCUT2D eigenvalue weighted by Gasteiger charge is -2.27. The van der Waals surface area contributed by atoms with Crippen LogP contribution in [0, 0.1) is 5.92 Å². The Labute approximate surface area is 229 Å². The second kappa shape index (κ2) is 15.0. The van der Waals surface area contributed by atoms with Crippen LogP contribution in [0.2, 0.25) is 0 Å². The predicted octanol–water partition coefficient (Wildman–Crippen LogP) is -0.737. The largest absolute Gasteiger partial charge is 0.352 e. The maximum Gasteiger partial charge on any atom is 0.334 e. The van der Waals surface area contributed by atoms with E-state index in [9.17, 15) is 43.2 Å². The Morgan fingerprint density at radius 2 is 1.23 bits per heavy atom. The van der Waals surface area contributed by atoms with E-state index in [2.05, 4.69) is 18.5 Å². The Morgan fingerprint density at radius 3 is 1.62 bits per heavy atom. The third-order valence-electron chi connectivity index (χ3n) is 5.91. The molecule has 0 saturated carbocycles. The van der Waals surface area contributed by atoms with Crippen molar-refractivity contribution < 1.29 is 52.8 Å². The topological polar surface area (TPSA) is 194 Å². The first-order chi connectivity index (χ1) is 19.0. The Kier molecular flexibility index (Phi) is 11.9. The molecule has 1 unspecified atom stereocenters. The summed E-state index contributed by atoms with van der Waals surface area (Å²) < 4.78 is 0. The summed E-state index contributed by atoms with van der Waals surface area (Å²) in [7, 11) is 0. The van der Waals surface area contributed by atoms with Gasteiger partial charge in [0.2, 0.25) is 11.8 Å². The van der Waals surface area contributed by atoms with Crippen molar-refractivity contribution in [2.45, 2.75) is 51.4 Å². The maximum atomic E-state index is 13.4. The van der Waals surface area contributed by atoms with Crippen LogP contribution in [0.1, 0.15) is 51.4 Å². The zero-order valence-electron chi connectivity index (χ0n) is 21.8. The van der Waals surface area contributed by atoms with Gasteiger partial charge >= 0.3 is 11.9 Å². The van der Waals surface area contributed by atoms with E-state index >= 15 is 0 Å². The molecule has 15 heteroatoms. The van der Waals surface area contributed by atoms with Gasteiger partial charge in [-0.25, -0.2) is 9.59 Å². The highest BCUT2D eigenvalue weighted by Gasteiger charge is 2.35. The van der Waals surface area contributed by atoms with Crippen LogP contribution in [0.25, 0.3) is 0 Å². The number of carbonyl (C=O) groups excluding carboxylic acids is 9. The molecule has 6 amide bonds. The molecule has 1 N–H and O–H groups in total. The van der Waals surface area contributed by atoms with Gasteiger partial charge in [0, 0.05) is 51.7 Å². The number of nitrogens with zero attached hydrogens (tertiary/aromatic N) is 3. The number of allylic oxidation sites excluding steroid dienone is 1. The van der Waals surface area contributed by atoms with Crippen molar-refractivity contribution in [1.82, 2.24) is 20.3 Å². The molecule has 2 rings (SSSR count). The van der Waals surface area contributed by atoms with Crippen LogP contribution in [0.4, 0.5) is 0 Å². The molecule has 0 aromatic carbocycles. The summed E-state index contributed by atoms with van der Waals surface area (Å²) in [5.41, 5.74) is 0. The normalized spacial score (nSPS) is 15.5. The second-order valence-electron chi connectivity index (χ2n) is 8.77. The molecule has 0 bridgehead atoms. The van der Waals surface area contributed by atoms with Crippen molar-refractivity contribution in [3.63, 3.8) is 0 Å². The van der Waals surface area contributed by atoms with Crippen LogP contribution in [-0.4, -0.2) is 87.8 Å². The van der Waals surface area contributed by atoms with Gasteiger partial charge < -0.3 is 19.9 Å². The number of carbonyl (C=O) groups is 9. The van der Waals surface area contributed by atoms with E-state index in [0.29, 0.717) is 10.1 Å². The Morgan fingerprint density at radius 1 is 0.775 bits per heavy atom. The minimum atomic E-state index is -1.00. The molecule has 0 aliphatic carbocycles. The van der Waals surface area contributed by atoms with Gasteiger partial charge in [0.05, 0.1) is 18.8 Å². The van der Waals surface area contributed by atoms with Gasteiger partial charge in [0.25, 0.3) is 23.6 Å². The molecule has 1 atom stereocenters. The number of nitrogens with one attached hydrogen (secondary N) is 1. The fraction of sp³-hybridized carbons (Fsp3) is 0.480. The second-order valence-corrected chi connectivity index (χ2v) is 8.77. The lowest BCUT2D eigenvalue weighted by atomic mass is 9.99. The first-order valence-electron chi connectivity index (χ1n) is 12.4. The minimum absolute atomic E-state index is 0.0138. The predicted molar refractivity (Wildman–Crippen MR) is 131 cm³/mol. The molecule has 2 fully saturated rings. The molecule has 40 heavy (non-hydrogen) atoms. The van der Waals surface area contributed by atoms with Crippen LogP contribution in [0.15, 0.2) is 25.3 Å². The smallest absolute Gasteiger partial charge is 0.334 e. The van der Waals surface area contributed by atoms with Crippen LogP contribution < -0.4 is 5.32 Å². The summed E-state index contributed by atoms with van der Waals surface area (Å²) >= 11 is 0. The monoisotopic (exact) mass is 562 g/mol. The lowest BCUT2D eigenvalue weighted by molar-refractivity contribution is -0.198. The zero-order chi connectivity index (χ0) is 29.8. The fourth-order valence-electron chi connectivity index (χ4n) is 3.68. The molecular formula is C25H30N4O11.